The third-order valence-electron chi connectivity index (χ3n) is 6.78. The van der Waals surface area contributed by atoms with Crippen molar-refractivity contribution in [3.8, 4) is 0 Å². The number of primary amides is 1. The molecule has 7 amide bonds. The summed E-state index contributed by atoms with van der Waals surface area (Å²) in [7, 11) is 0. The summed E-state index contributed by atoms with van der Waals surface area (Å²) < 4.78 is 0. The van der Waals surface area contributed by atoms with Gasteiger partial charge in [0.2, 0.25) is 41.4 Å². The molecule has 0 heterocycles. The Morgan fingerprint density at radius 3 is 1.73 bits per heavy atom. The molecule has 17 nitrogen and oxygen atoms in total. The van der Waals surface area contributed by atoms with Crippen LogP contribution in [-0.2, 0) is 38.4 Å². The molecule has 0 fully saturated rings. The zero-order valence-corrected chi connectivity index (χ0v) is 27.0. The third kappa shape index (κ3) is 15.8. The second-order valence-corrected chi connectivity index (χ2v) is 11.5. The van der Waals surface area contributed by atoms with Crippen LogP contribution in [0.25, 0.3) is 0 Å². The van der Waals surface area contributed by atoms with Crippen LogP contribution < -0.4 is 43.4 Å². The monoisotopic (exact) mass is 642 g/mol. The molecule has 0 aliphatic heterocycles. The molecule has 0 aliphatic carbocycles. The zero-order valence-electron chi connectivity index (χ0n) is 27.0. The molecule has 0 aromatic carbocycles. The lowest BCUT2D eigenvalue weighted by molar-refractivity contribution is -0.142. The molecule has 0 unspecified atom stereocenters. The number of nitrogens with two attached hydrogens (primary N) is 2. The van der Waals surface area contributed by atoms with E-state index in [1.807, 2.05) is 0 Å². The Balaban J connectivity index is 5.74. The molecule has 11 N–H and O–H groups in total. The SMILES string of the molecule is CC[C@H](C)[C@H](NC(=O)[C@H](CCC(N)=O)NC(=O)[C@H](CC(C)C)NC(=O)CNC(=O)[C@H](C)NC(=O)[C@H](C)N)C(=O)N[C@@H](C)C(=O)O. The predicted molar refractivity (Wildman–Crippen MR) is 163 cm³/mol. The fourth-order valence-corrected chi connectivity index (χ4v) is 3.83. The number of amides is 7. The van der Waals surface area contributed by atoms with E-state index in [0.29, 0.717) is 6.42 Å². The molecule has 0 aromatic heterocycles. The second kappa shape index (κ2) is 19.9. The van der Waals surface area contributed by atoms with Crippen LogP contribution >= 0.6 is 0 Å². The second-order valence-electron chi connectivity index (χ2n) is 11.5. The number of carbonyl (C=O) groups excluding carboxylic acids is 7. The summed E-state index contributed by atoms with van der Waals surface area (Å²) in [6, 6.07) is -6.71. The molecule has 0 spiro atoms. The normalized spacial score (nSPS) is 15.6. The number of carbonyl (C=O) groups is 8. The van der Waals surface area contributed by atoms with Crippen LogP contribution in [0.3, 0.4) is 0 Å². The summed E-state index contributed by atoms with van der Waals surface area (Å²) in [6.45, 7) is 10.6. The highest BCUT2D eigenvalue weighted by atomic mass is 16.4. The van der Waals surface area contributed by atoms with E-state index >= 15 is 0 Å². The van der Waals surface area contributed by atoms with E-state index in [1.54, 1.807) is 27.7 Å². The largest absolute Gasteiger partial charge is 0.480 e. The van der Waals surface area contributed by atoms with Crippen LogP contribution in [0, 0.1) is 11.8 Å². The zero-order chi connectivity index (χ0) is 35.0. The summed E-state index contributed by atoms with van der Waals surface area (Å²) in [5.74, 6) is -6.84. The topological polar surface area (TPSA) is 281 Å². The van der Waals surface area contributed by atoms with Crippen molar-refractivity contribution in [3.05, 3.63) is 0 Å². The lowest BCUT2D eigenvalue weighted by Crippen LogP contribution is -2.59. The van der Waals surface area contributed by atoms with E-state index in [1.165, 1.54) is 20.8 Å². The molecule has 0 rings (SSSR count). The van der Waals surface area contributed by atoms with Crippen LogP contribution in [-0.4, -0.2) is 95.2 Å². The van der Waals surface area contributed by atoms with E-state index in [9.17, 15) is 38.4 Å². The van der Waals surface area contributed by atoms with Crippen molar-refractivity contribution < 1.29 is 43.5 Å². The molecule has 7 atom stereocenters. The first-order chi connectivity index (χ1) is 20.8. The first-order valence-electron chi connectivity index (χ1n) is 14.9. The third-order valence-corrected chi connectivity index (χ3v) is 6.78. The lowest BCUT2D eigenvalue weighted by atomic mass is 9.97. The average molecular weight is 643 g/mol. The maximum Gasteiger partial charge on any atom is 0.325 e. The van der Waals surface area contributed by atoms with Crippen molar-refractivity contribution in [2.24, 2.45) is 23.3 Å². The minimum atomic E-state index is -1.35. The van der Waals surface area contributed by atoms with Crippen molar-refractivity contribution in [2.45, 2.75) is 110 Å². The van der Waals surface area contributed by atoms with Crippen molar-refractivity contribution >= 4 is 47.3 Å². The van der Waals surface area contributed by atoms with Crippen LogP contribution in [0.2, 0.25) is 0 Å². The Morgan fingerprint density at radius 2 is 1.24 bits per heavy atom. The number of hydrogen-bond acceptors (Lipinski definition) is 9. The molecule has 45 heavy (non-hydrogen) atoms. The summed E-state index contributed by atoms with van der Waals surface area (Å²) in [5, 5.41) is 23.8. The molecular formula is C28H50N8O9. The average Bonchev–Trinajstić information content (AvgIpc) is 2.94. The van der Waals surface area contributed by atoms with Crippen molar-refractivity contribution in [2.75, 3.05) is 6.54 Å². The van der Waals surface area contributed by atoms with Gasteiger partial charge in [-0.2, -0.15) is 0 Å². The van der Waals surface area contributed by atoms with Gasteiger partial charge in [-0.1, -0.05) is 34.1 Å². The highest BCUT2D eigenvalue weighted by molar-refractivity contribution is 5.96. The summed E-state index contributed by atoms with van der Waals surface area (Å²) in [6.07, 6.45) is 0.0617. The quantitative estimate of drug-likeness (QED) is 0.0665. The van der Waals surface area contributed by atoms with Gasteiger partial charge in [0.1, 0.15) is 30.2 Å². The van der Waals surface area contributed by atoms with Gasteiger partial charge in [-0.05, 0) is 45.4 Å². The van der Waals surface area contributed by atoms with Crippen LogP contribution in [0.5, 0.6) is 0 Å². The van der Waals surface area contributed by atoms with E-state index in [-0.39, 0.29) is 25.2 Å². The van der Waals surface area contributed by atoms with E-state index < -0.39 is 96.0 Å². The molecule has 17 heteroatoms. The first-order valence-corrected chi connectivity index (χ1v) is 14.9. The summed E-state index contributed by atoms with van der Waals surface area (Å²) >= 11 is 0. The molecule has 0 bridgehead atoms. The molecule has 0 aromatic rings. The molecular weight excluding hydrogens is 592 g/mol. The fourth-order valence-electron chi connectivity index (χ4n) is 3.83. The predicted octanol–water partition coefficient (Wildman–Crippen LogP) is -2.64. The Hall–Kier alpha value is -4.28. The Kier molecular flexibility index (Phi) is 18.0. The lowest BCUT2D eigenvalue weighted by Gasteiger charge is -2.28. The van der Waals surface area contributed by atoms with Gasteiger partial charge in [-0.15, -0.1) is 0 Å². The van der Waals surface area contributed by atoms with Gasteiger partial charge >= 0.3 is 5.97 Å². The summed E-state index contributed by atoms with van der Waals surface area (Å²) in [5.41, 5.74) is 10.7. The van der Waals surface area contributed by atoms with Gasteiger partial charge in [0, 0.05) is 6.42 Å². The number of hydrogen-bond donors (Lipinski definition) is 9. The number of carboxylic acids is 1. The van der Waals surface area contributed by atoms with Crippen LogP contribution in [0.1, 0.15) is 74.1 Å². The van der Waals surface area contributed by atoms with E-state index in [0.717, 1.165) is 0 Å². The Morgan fingerprint density at radius 1 is 0.689 bits per heavy atom. The minimum Gasteiger partial charge on any atom is -0.480 e. The molecule has 0 aliphatic rings. The maximum atomic E-state index is 13.3. The van der Waals surface area contributed by atoms with Crippen LogP contribution in [0.15, 0.2) is 0 Å². The number of aliphatic carboxylic acids is 1. The van der Waals surface area contributed by atoms with Gasteiger partial charge < -0.3 is 48.5 Å². The minimum absolute atomic E-state index is 0.100. The fraction of sp³-hybridized carbons (Fsp3) is 0.714. The highest BCUT2D eigenvalue weighted by Crippen LogP contribution is 2.11. The highest BCUT2D eigenvalue weighted by Gasteiger charge is 2.33. The van der Waals surface area contributed by atoms with Gasteiger partial charge in [-0.3, -0.25) is 38.4 Å². The molecule has 0 saturated heterocycles. The van der Waals surface area contributed by atoms with Gasteiger partial charge in [0.15, 0.2) is 0 Å². The van der Waals surface area contributed by atoms with Gasteiger partial charge in [0.05, 0.1) is 12.6 Å². The Bertz CT molecular complexity index is 1080. The number of nitrogens with one attached hydrogen (secondary N) is 6. The molecule has 0 saturated carbocycles. The van der Waals surface area contributed by atoms with Crippen molar-refractivity contribution in [3.63, 3.8) is 0 Å². The van der Waals surface area contributed by atoms with E-state index in [2.05, 4.69) is 31.9 Å². The van der Waals surface area contributed by atoms with Gasteiger partial charge in [-0.25, -0.2) is 0 Å². The number of rotatable bonds is 20. The molecule has 0 radical (unpaired) electrons. The Labute approximate surface area is 263 Å². The van der Waals surface area contributed by atoms with Crippen molar-refractivity contribution in [1.82, 2.24) is 31.9 Å². The number of carboxylic acid groups (broad SMARTS) is 1. The maximum absolute atomic E-state index is 13.3. The van der Waals surface area contributed by atoms with Gasteiger partial charge in [0.25, 0.3) is 0 Å². The van der Waals surface area contributed by atoms with E-state index in [4.69, 9.17) is 16.6 Å². The summed E-state index contributed by atoms with van der Waals surface area (Å²) in [4.78, 5) is 98.9. The van der Waals surface area contributed by atoms with Crippen molar-refractivity contribution in [1.29, 1.82) is 0 Å². The molecule has 256 valence electrons. The first kappa shape index (κ1) is 40.7. The standard InChI is InChI=1S/C28H50N8O9/c1-8-14(4)22(27(43)33-17(7)28(44)45)36-25(41)18(9-10-20(30)37)35-26(42)19(11-13(2)3)34-21(38)12-31-24(40)16(6)32-23(39)15(5)29/h13-19,22H,8-12,29H2,1-7H3,(H2,30,37)(H,31,40)(H,32,39)(H,33,43)(H,34,38)(H,35,42)(H,36,41)(H,44,45)/t14-,15-,16-,17-,18-,19-,22-/m0/s1. The van der Waals surface area contributed by atoms with Crippen LogP contribution in [0.4, 0.5) is 0 Å². The smallest absolute Gasteiger partial charge is 0.325 e.